The molecule has 154 valence electrons. The van der Waals surface area contributed by atoms with E-state index in [1.54, 1.807) is 55.5 Å². The number of anilines is 1. The minimum absolute atomic E-state index is 0.153. The third-order valence-electron chi connectivity index (χ3n) is 4.64. The standard InChI is InChI=1S/C22H26N2O5/c1-13(2)19(24-20(25)17-7-5-6-8-18(17)29-4)21(26)23-16-11-9-15(10-12-16)14(3)22(27)28/h5-14,19H,1-4H3,(H,23,26)(H,24,25)(H,27,28). The minimum atomic E-state index is -0.916. The summed E-state index contributed by atoms with van der Waals surface area (Å²) in [5.74, 6) is -2.04. The first-order valence-electron chi connectivity index (χ1n) is 9.32. The predicted octanol–water partition coefficient (Wildman–Crippen LogP) is 3.28. The number of hydrogen-bond acceptors (Lipinski definition) is 4. The molecular formula is C22H26N2O5. The zero-order valence-electron chi connectivity index (χ0n) is 16.9. The van der Waals surface area contributed by atoms with Crippen molar-refractivity contribution in [2.45, 2.75) is 32.7 Å². The van der Waals surface area contributed by atoms with Crippen LogP contribution in [0.5, 0.6) is 5.75 Å². The lowest BCUT2D eigenvalue weighted by atomic mass is 10.0. The van der Waals surface area contributed by atoms with Crippen LogP contribution >= 0.6 is 0 Å². The highest BCUT2D eigenvalue weighted by atomic mass is 16.5. The van der Waals surface area contributed by atoms with Crippen molar-refractivity contribution in [2.75, 3.05) is 12.4 Å². The fourth-order valence-corrected chi connectivity index (χ4v) is 2.80. The summed E-state index contributed by atoms with van der Waals surface area (Å²) < 4.78 is 5.21. The van der Waals surface area contributed by atoms with Crippen molar-refractivity contribution in [1.82, 2.24) is 5.32 Å². The Kier molecular flexibility index (Phi) is 7.36. The van der Waals surface area contributed by atoms with Gasteiger partial charge in [-0.2, -0.15) is 0 Å². The lowest BCUT2D eigenvalue weighted by molar-refractivity contribution is -0.138. The molecule has 0 aliphatic heterocycles. The van der Waals surface area contributed by atoms with Crippen molar-refractivity contribution in [3.8, 4) is 5.75 Å². The van der Waals surface area contributed by atoms with E-state index >= 15 is 0 Å². The number of methoxy groups -OCH3 is 1. The van der Waals surface area contributed by atoms with Crippen molar-refractivity contribution in [1.29, 1.82) is 0 Å². The van der Waals surface area contributed by atoms with Crippen LogP contribution in [-0.4, -0.2) is 36.0 Å². The molecule has 0 radical (unpaired) electrons. The van der Waals surface area contributed by atoms with Gasteiger partial charge in [0.2, 0.25) is 5.91 Å². The number of aliphatic carboxylic acids is 1. The Morgan fingerprint density at radius 2 is 1.59 bits per heavy atom. The minimum Gasteiger partial charge on any atom is -0.496 e. The lowest BCUT2D eigenvalue weighted by Gasteiger charge is -2.22. The molecule has 0 bridgehead atoms. The number of amides is 2. The van der Waals surface area contributed by atoms with Crippen LogP contribution in [0.2, 0.25) is 0 Å². The molecular weight excluding hydrogens is 372 g/mol. The summed E-state index contributed by atoms with van der Waals surface area (Å²) in [5, 5.41) is 14.6. The van der Waals surface area contributed by atoms with Gasteiger partial charge in [-0.25, -0.2) is 0 Å². The van der Waals surface area contributed by atoms with Gasteiger partial charge in [-0.1, -0.05) is 38.1 Å². The van der Waals surface area contributed by atoms with Crippen LogP contribution in [0.25, 0.3) is 0 Å². The quantitative estimate of drug-likeness (QED) is 0.633. The Labute approximate surface area is 170 Å². The van der Waals surface area contributed by atoms with Gasteiger partial charge in [0, 0.05) is 5.69 Å². The molecule has 2 atom stereocenters. The topological polar surface area (TPSA) is 105 Å². The van der Waals surface area contributed by atoms with E-state index < -0.39 is 23.8 Å². The van der Waals surface area contributed by atoms with Gasteiger partial charge < -0.3 is 20.5 Å². The molecule has 0 aromatic heterocycles. The molecule has 0 heterocycles. The van der Waals surface area contributed by atoms with Gasteiger partial charge in [-0.3, -0.25) is 14.4 Å². The average Bonchev–Trinajstić information content (AvgIpc) is 2.71. The monoisotopic (exact) mass is 398 g/mol. The summed E-state index contributed by atoms with van der Waals surface area (Å²) in [6.07, 6.45) is 0. The van der Waals surface area contributed by atoms with E-state index in [4.69, 9.17) is 9.84 Å². The Morgan fingerprint density at radius 3 is 2.14 bits per heavy atom. The highest BCUT2D eigenvalue weighted by molar-refractivity contribution is 6.02. The number of carboxylic acid groups (broad SMARTS) is 1. The van der Waals surface area contributed by atoms with Crippen LogP contribution in [0.15, 0.2) is 48.5 Å². The Balaban J connectivity index is 2.11. The van der Waals surface area contributed by atoms with Crippen LogP contribution in [0.1, 0.15) is 42.6 Å². The third kappa shape index (κ3) is 5.57. The molecule has 3 N–H and O–H groups in total. The van der Waals surface area contributed by atoms with Gasteiger partial charge >= 0.3 is 5.97 Å². The molecule has 0 aliphatic carbocycles. The summed E-state index contributed by atoms with van der Waals surface area (Å²) in [7, 11) is 1.48. The second-order valence-corrected chi connectivity index (χ2v) is 7.07. The first-order valence-corrected chi connectivity index (χ1v) is 9.32. The summed E-state index contributed by atoms with van der Waals surface area (Å²) in [6.45, 7) is 5.27. The fourth-order valence-electron chi connectivity index (χ4n) is 2.80. The summed E-state index contributed by atoms with van der Waals surface area (Å²) in [6, 6.07) is 12.6. The maximum Gasteiger partial charge on any atom is 0.310 e. The SMILES string of the molecule is COc1ccccc1C(=O)NC(C(=O)Nc1ccc(C(C)C(=O)O)cc1)C(C)C. The van der Waals surface area contributed by atoms with Crippen molar-refractivity contribution in [2.24, 2.45) is 5.92 Å². The lowest BCUT2D eigenvalue weighted by Crippen LogP contribution is -2.47. The van der Waals surface area contributed by atoms with E-state index in [2.05, 4.69) is 10.6 Å². The van der Waals surface area contributed by atoms with Crippen molar-refractivity contribution >= 4 is 23.5 Å². The van der Waals surface area contributed by atoms with Gasteiger partial charge in [0.15, 0.2) is 0 Å². The van der Waals surface area contributed by atoms with Gasteiger partial charge in [0.25, 0.3) is 5.91 Å². The molecule has 0 aliphatic rings. The Bertz CT molecular complexity index is 877. The summed E-state index contributed by atoms with van der Waals surface area (Å²) >= 11 is 0. The zero-order valence-corrected chi connectivity index (χ0v) is 16.9. The summed E-state index contributed by atoms with van der Waals surface area (Å²) in [5.41, 5.74) is 1.51. The smallest absolute Gasteiger partial charge is 0.310 e. The first kappa shape index (κ1) is 21.9. The van der Waals surface area contributed by atoms with E-state index in [1.807, 2.05) is 13.8 Å². The van der Waals surface area contributed by atoms with Gasteiger partial charge in [-0.15, -0.1) is 0 Å². The molecule has 0 saturated heterocycles. The second kappa shape index (κ2) is 9.73. The number of carboxylic acids is 1. The zero-order chi connectivity index (χ0) is 21.6. The highest BCUT2D eigenvalue weighted by Crippen LogP contribution is 2.20. The molecule has 2 unspecified atom stereocenters. The molecule has 2 amide bonds. The molecule has 7 nitrogen and oxygen atoms in total. The number of rotatable bonds is 8. The van der Waals surface area contributed by atoms with Crippen LogP contribution in [0.4, 0.5) is 5.69 Å². The van der Waals surface area contributed by atoms with E-state index in [0.29, 0.717) is 22.6 Å². The molecule has 2 rings (SSSR count). The Hall–Kier alpha value is -3.35. The van der Waals surface area contributed by atoms with Gasteiger partial charge in [-0.05, 0) is 42.7 Å². The van der Waals surface area contributed by atoms with E-state index in [9.17, 15) is 14.4 Å². The number of ether oxygens (including phenoxy) is 1. The van der Waals surface area contributed by atoms with Gasteiger partial charge in [0.1, 0.15) is 11.8 Å². The third-order valence-corrected chi connectivity index (χ3v) is 4.64. The molecule has 29 heavy (non-hydrogen) atoms. The number of carbonyl (C=O) groups excluding carboxylic acids is 2. The van der Waals surface area contributed by atoms with Crippen LogP contribution in [0.3, 0.4) is 0 Å². The normalized spacial score (nSPS) is 12.7. The fraction of sp³-hybridized carbons (Fsp3) is 0.318. The number of hydrogen-bond donors (Lipinski definition) is 3. The molecule has 0 spiro atoms. The molecule has 2 aromatic rings. The maximum absolute atomic E-state index is 12.8. The van der Waals surface area contributed by atoms with Crippen molar-refractivity contribution in [3.63, 3.8) is 0 Å². The predicted molar refractivity (Wildman–Crippen MR) is 110 cm³/mol. The highest BCUT2D eigenvalue weighted by Gasteiger charge is 2.26. The molecule has 2 aromatic carbocycles. The summed E-state index contributed by atoms with van der Waals surface area (Å²) in [4.78, 5) is 36.5. The first-order chi connectivity index (χ1) is 13.7. The second-order valence-electron chi connectivity index (χ2n) is 7.07. The van der Waals surface area contributed by atoms with E-state index in [0.717, 1.165) is 0 Å². The largest absolute Gasteiger partial charge is 0.496 e. The molecule has 0 saturated carbocycles. The number of benzene rings is 2. The number of nitrogens with one attached hydrogen (secondary N) is 2. The van der Waals surface area contributed by atoms with Crippen molar-refractivity contribution in [3.05, 3.63) is 59.7 Å². The van der Waals surface area contributed by atoms with E-state index in [-0.39, 0.29) is 11.8 Å². The molecule has 0 fully saturated rings. The average molecular weight is 398 g/mol. The van der Waals surface area contributed by atoms with Gasteiger partial charge in [0.05, 0.1) is 18.6 Å². The maximum atomic E-state index is 12.8. The van der Waals surface area contributed by atoms with Crippen LogP contribution in [-0.2, 0) is 9.59 Å². The number of carbonyl (C=O) groups is 3. The van der Waals surface area contributed by atoms with Crippen molar-refractivity contribution < 1.29 is 24.2 Å². The Morgan fingerprint density at radius 1 is 0.966 bits per heavy atom. The van der Waals surface area contributed by atoms with E-state index in [1.165, 1.54) is 7.11 Å². The number of para-hydroxylation sites is 1. The van der Waals surface area contributed by atoms with Crippen LogP contribution in [0, 0.1) is 5.92 Å². The molecule has 7 heteroatoms. The van der Waals surface area contributed by atoms with Crippen LogP contribution < -0.4 is 15.4 Å².